The molecule has 132 valence electrons. The van der Waals surface area contributed by atoms with E-state index in [-0.39, 0.29) is 11.6 Å². The number of ether oxygens (including phenoxy) is 2. The maximum Gasteiger partial charge on any atom is 0.131 e. The molecule has 1 aliphatic rings. The Morgan fingerprint density at radius 2 is 1.88 bits per heavy atom. The Balaban J connectivity index is 1.88. The Bertz CT molecular complexity index is 765. The van der Waals surface area contributed by atoms with Gasteiger partial charge >= 0.3 is 0 Å². The normalized spacial score (nSPS) is 16.2. The van der Waals surface area contributed by atoms with Crippen LogP contribution in [-0.4, -0.2) is 24.7 Å². The first-order valence-corrected chi connectivity index (χ1v) is 8.74. The van der Waals surface area contributed by atoms with E-state index >= 15 is 0 Å². The number of hydrogen-bond donors (Lipinski definition) is 0. The summed E-state index contributed by atoms with van der Waals surface area (Å²) in [5.41, 5.74) is 3.30. The zero-order valence-electron chi connectivity index (χ0n) is 15.7. The zero-order valence-corrected chi connectivity index (χ0v) is 15.7. The van der Waals surface area contributed by atoms with Crippen LogP contribution >= 0.6 is 0 Å². The van der Waals surface area contributed by atoms with Crippen molar-refractivity contribution >= 4 is 6.08 Å². The third kappa shape index (κ3) is 3.88. The maximum atomic E-state index is 6.07. The van der Waals surface area contributed by atoms with Crippen molar-refractivity contribution in [1.82, 2.24) is 4.90 Å². The molecular weight excluding hydrogens is 310 g/mol. The molecule has 0 fully saturated rings. The van der Waals surface area contributed by atoms with Gasteiger partial charge in [-0.1, -0.05) is 36.4 Å². The fraction of sp³-hybridized carbons (Fsp3) is 0.364. The Morgan fingerprint density at radius 1 is 1.16 bits per heavy atom. The molecule has 2 aromatic rings. The first-order valence-electron chi connectivity index (χ1n) is 8.74. The number of nitrogens with zero attached hydrogens (tertiary/aromatic N) is 1. The highest BCUT2D eigenvalue weighted by Gasteiger charge is 2.25. The van der Waals surface area contributed by atoms with E-state index in [4.69, 9.17) is 9.47 Å². The summed E-state index contributed by atoms with van der Waals surface area (Å²) in [4.78, 5) is 2.33. The first kappa shape index (κ1) is 17.6. The van der Waals surface area contributed by atoms with E-state index in [1.54, 1.807) is 7.11 Å². The van der Waals surface area contributed by atoms with Gasteiger partial charge in [0.05, 0.1) is 7.11 Å². The lowest BCUT2D eigenvalue weighted by molar-refractivity contribution is 0.158. The molecule has 1 aliphatic heterocycles. The molecule has 3 rings (SSSR count). The third-order valence-corrected chi connectivity index (χ3v) is 4.79. The molecule has 0 amide bonds. The van der Waals surface area contributed by atoms with Crippen LogP contribution in [-0.2, 0) is 6.54 Å². The second kappa shape index (κ2) is 6.93. The molecule has 2 aromatic carbocycles. The van der Waals surface area contributed by atoms with Gasteiger partial charge in [-0.2, -0.15) is 0 Å². The van der Waals surface area contributed by atoms with Crippen molar-refractivity contribution in [3.05, 3.63) is 65.2 Å². The van der Waals surface area contributed by atoms with Gasteiger partial charge in [0, 0.05) is 29.8 Å². The van der Waals surface area contributed by atoms with Crippen molar-refractivity contribution in [2.45, 2.75) is 39.0 Å². The SMILES string of the molecule is COc1cc2c(cc1[C@@H](C)N(C)Cc1ccccc1)C=CC(C)(C)O2. The Labute approximate surface area is 150 Å². The van der Waals surface area contributed by atoms with Crippen LogP contribution in [0.5, 0.6) is 11.5 Å². The van der Waals surface area contributed by atoms with E-state index in [0.29, 0.717) is 0 Å². The molecule has 0 aliphatic carbocycles. The lowest BCUT2D eigenvalue weighted by Gasteiger charge is -2.31. The van der Waals surface area contributed by atoms with Crippen molar-refractivity contribution in [1.29, 1.82) is 0 Å². The summed E-state index contributed by atoms with van der Waals surface area (Å²) >= 11 is 0. The Kier molecular flexibility index (Phi) is 4.87. The molecule has 0 spiro atoms. The molecule has 3 heteroatoms. The van der Waals surface area contributed by atoms with Crippen LogP contribution in [0, 0.1) is 0 Å². The average Bonchev–Trinajstić information content (AvgIpc) is 2.60. The average molecular weight is 337 g/mol. The zero-order chi connectivity index (χ0) is 18.0. The van der Waals surface area contributed by atoms with E-state index in [2.05, 4.69) is 75.2 Å². The maximum absolute atomic E-state index is 6.07. The number of benzene rings is 2. The third-order valence-electron chi connectivity index (χ3n) is 4.79. The highest BCUT2D eigenvalue weighted by atomic mass is 16.5. The fourth-order valence-electron chi connectivity index (χ4n) is 3.17. The summed E-state index contributed by atoms with van der Waals surface area (Å²) in [7, 11) is 3.87. The van der Waals surface area contributed by atoms with Crippen LogP contribution in [0.4, 0.5) is 0 Å². The predicted octanol–water partition coefficient (Wildman–Crippen LogP) is 5.07. The van der Waals surface area contributed by atoms with Gasteiger partial charge in [-0.05, 0) is 45.5 Å². The summed E-state index contributed by atoms with van der Waals surface area (Å²) in [5.74, 6) is 1.75. The minimum Gasteiger partial charge on any atom is -0.496 e. The number of rotatable bonds is 5. The van der Waals surface area contributed by atoms with E-state index < -0.39 is 0 Å². The quantitative estimate of drug-likeness (QED) is 0.760. The van der Waals surface area contributed by atoms with E-state index in [9.17, 15) is 0 Å². The van der Waals surface area contributed by atoms with Crippen molar-refractivity contribution in [3.63, 3.8) is 0 Å². The summed E-state index contributed by atoms with van der Waals surface area (Å²) in [5, 5.41) is 0. The van der Waals surface area contributed by atoms with Crippen LogP contribution < -0.4 is 9.47 Å². The molecule has 0 saturated carbocycles. The molecule has 0 radical (unpaired) electrons. The largest absolute Gasteiger partial charge is 0.496 e. The van der Waals surface area contributed by atoms with Gasteiger partial charge in [0.1, 0.15) is 17.1 Å². The van der Waals surface area contributed by atoms with Crippen LogP contribution in [0.25, 0.3) is 6.08 Å². The van der Waals surface area contributed by atoms with Crippen LogP contribution in [0.2, 0.25) is 0 Å². The monoisotopic (exact) mass is 337 g/mol. The Hall–Kier alpha value is -2.26. The van der Waals surface area contributed by atoms with Gasteiger partial charge in [-0.15, -0.1) is 0 Å². The van der Waals surface area contributed by atoms with Crippen molar-refractivity contribution in [2.24, 2.45) is 0 Å². The van der Waals surface area contributed by atoms with Crippen LogP contribution in [0.15, 0.2) is 48.5 Å². The predicted molar refractivity (Wildman–Crippen MR) is 103 cm³/mol. The first-order chi connectivity index (χ1) is 11.9. The molecule has 0 aromatic heterocycles. The molecule has 0 saturated heterocycles. The second-order valence-electron chi connectivity index (χ2n) is 7.25. The Morgan fingerprint density at radius 3 is 2.56 bits per heavy atom. The molecule has 3 nitrogen and oxygen atoms in total. The molecule has 0 unspecified atom stereocenters. The summed E-state index contributed by atoms with van der Waals surface area (Å²) in [6.07, 6.45) is 4.25. The van der Waals surface area contributed by atoms with Crippen molar-refractivity contribution in [3.8, 4) is 11.5 Å². The van der Waals surface area contributed by atoms with Gasteiger partial charge in [-0.3, -0.25) is 4.90 Å². The molecule has 1 atom stereocenters. The topological polar surface area (TPSA) is 21.7 Å². The van der Waals surface area contributed by atoms with Gasteiger partial charge in [-0.25, -0.2) is 0 Å². The van der Waals surface area contributed by atoms with E-state index in [0.717, 1.165) is 23.6 Å². The smallest absolute Gasteiger partial charge is 0.131 e. The van der Waals surface area contributed by atoms with Gasteiger partial charge in [0.2, 0.25) is 0 Å². The highest BCUT2D eigenvalue weighted by Crippen LogP contribution is 2.39. The minimum absolute atomic E-state index is 0.226. The number of methoxy groups -OCH3 is 1. The molecule has 1 heterocycles. The lowest BCUT2D eigenvalue weighted by Crippen LogP contribution is -2.28. The van der Waals surface area contributed by atoms with E-state index in [1.807, 2.05) is 12.1 Å². The molecule has 0 N–H and O–H groups in total. The summed E-state index contributed by atoms with van der Waals surface area (Å²) < 4.78 is 11.7. The standard InChI is InChI=1S/C22H27NO2/c1-16(23(4)15-17-9-7-6-8-10-17)19-13-18-11-12-22(2,3)25-20(18)14-21(19)24-5/h6-14,16H,15H2,1-5H3/t16-/m1/s1. The van der Waals surface area contributed by atoms with Crippen molar-refractivity contribution < 1.29 is 9.47 Å². The second-order valence-corrected chi connectivity index (χ2v) is 7.25. The van der Waals surface area contributed by atoms with Gasteiger partial charge < -0.3 is 9.47 Å². The van der Waals surface area contributed by atoms with Gasteiger partial charge in [0.15, 0.2) is 0 Å². The van der Waals surface area contributed by atoms with E-state index in [1.165, 1.54) is 11.1 Å². The fourth-order valence-corrected chi connectivity index (χ4v) is 3.17. The molecular formula is C22H27NO2. The summed E-state index contributed by atoms with van der Waals surface area (Å²) in [6.45, 7) is 7.22. The summed E-state index contributed by atoms with van der Waals surface area (Å²) in [6, 6.07) is 15.0. The molecule has 25 heavy (non-hydrogen) atoms. The minimum atomic E-state index is -0.282. The number of fused-ring (bicyclic) bond motifs is 1. The van der Waals surface area contributed by atoms with Crippen LogP contribution in [0.1, 0.15) is 43.5 Å². The van der Waals surface area contributed by atoms with Crippen LogP contribution in [0.3, 0.4) is 0 Å². The van der Waals surface area contributed by atoms with Gasteiger partial charge in [0.25, 0.3) is 0 Å². The molecule has 0 bridgehead atoms. The lowest BCUT2D eigenvalue weighted by atomic mass is 9.97. The highest BCUT2D eigenvalue weighted by molar-refractivity contribution is 5.64. The van der Waals surface area contributed by atoms with Crippen molar-refractivity contribution in [2.75, 3.05) is 14.2 Å². The number of hydrogen-bond acceptors (Lipinski definition) is 3.